The summed E-state index contributed by atoms with van der Waals surface area (Å²) >= 11 is 1.45. The summed E-state index contributed by atoms with van der Waals surface area (Å²) in [5.41, 5.74) is 5.66. The van der Waals surface area contributed by atoms with Crippen LogP contribution in [-0.4, -0.2) is 33.0 Å². The van der Waals surface area contributed by atoms with Crippen molar-refractivity contribution in [3.8, 4) is 0 Å². The summed E-state index contributed by atoms with van der Waals surface area (Å²) in [7, 11) is 0. The van der Waals surface area contributed by atoms with E-state index in [1.807, 2.05) is 0 Å². The minimum atomic E-state index is 0.0801. The normalized spacial score (nSPS) is 18.6. The molecule has 2 saturated carbocycles. The molecule has 0 aromatic carbocycles. The topological polar surface area (TPSA) is 85.8 Å². The highest BCUT2D eigenvalue weighted by atomic mass is 32.2. The Hall–Kier alpha value is -1.08. The molecule has 19 heavy (non-hydrogen) atoms. The summed E-state index contributed by atoms with van der Waals surface area (Å²) in [6.07, 6.45) is 4.82. The molecule has 1 aromatic rings. The van der Waals surface area contributed by atoms with Crippen LogP contribution in [0.15, 0.2) is 5.16 Å². The maximum absolute atomic E-state index is 11.7. The van der Waals surface area contributed by atoms with Crippen molar-refractivity contribution in [1.29, 1.82) is 0 Å². The summed E-state index contributed by atoms with van der Waals surface area (Å²) < 4.78 is 2.10. The summed E-state index contributed by atoms with van der Waals surface area (Å²) in [5, 5.41) is 12.0. The van der Waals surface area contributed by atoms with E-state index in [-0.39, 0.29) is 5.91 Å². The molecular formula is C12H19N5OS. The van der Waals surface area contributed by atoms with Crippen LogP contribution in [0.4, 0.5) is 0 Å². The molecule has 0 bridgehead atoms. The summed E-state index contributed by atoms with van der Waals surface area (Å²) in [6, 6.07) is 0.491. The van der Waals surface area contributed by atoms with Gasteiger partial charge in [-0.25, -0.2) is 0 Å². The van der Waals surface area contributed by atoms with E-state index in [1.54, 1.807) is 0 Å². The van der Waals surface area contributed by atoms with Crippen LogP contribution in [0.1, 0.15) is 37.5 Å². The number of aromatic nitrogens is 3. The van der Waals surface area contributed by atoms with Gasteiger partial charge in [-0.05, 0) is 31.6 Å². The van der Waals surface area contributed by atoms with Gasteiger partial charge >= 0.3 is 0 Å². The Labute approximate surface area is 116 Å². The maximum Gasteiger partial charge on any atom is 0.230 e. The Kier molecular flexibility index (Phi) is 3.74. The van der Waals surface area contributed by atoms with Crippen molar-refractivity contribution in [2.24, 2.45) is 11.7 Å². The third-order valence-electron chi connectivity index (χ3n) is 3.45. The number of carbonyl (C=O) groups is 1. The second-order valence-electron chi connectivity index (χ2n) is 5.24. The summed E-state index contributed by atoms with van der Waals surface area (Å²) in [4.78, 5) is 11.7. The van der Waals surface area contributed by atoms with Crippen molar-refractivity contribution in [2.75, 3.05) is 12.3 Å². The van der Waals surface area contributed by atoms with E-state index >= 15 is 0 Å². The Balaban J connectivity index is 1.53. The first-order valence-corrected chi connectivity index (χ1v) is 7.80. The van der Waals surface area contributed by atoms with E-state index in [0.717, 1.165) is 30.4 Å². The van der Waals surface area contributed by atoms with Crippen LogP contribution in [0.3, 0.4) is 0 Å². The molecule has 1 heterocycles. The van der Waals surface area contributed by atoms with Crippen LogP contribution in [0.2, 0.25) is 0 Å². The highest BCUT2D eigenvalue weighted by Crippen LogP contribution is 2.38. The van der Waals surface area contributed by atoms with Crippen LogP contribution < -0.4 is 11.1 Å². The lowest BCUT2D eigenvalue weighted by atomic mass is 10.4. The van der Waals surface area contributed by atoms with Gasteiger partial charge in [0.2, 0.25) is 5.91 Å². The smallest absolute Gasteiger partial charge is 0.230 e. The predicted octanol–water partition coefficient (Wildman–Crippen LogP) is 0.690. The number of amides is 1. The van der Waals surface area contributed by atoms with Gasteiger partial charge in [0.25, 0.3) is 0 Å². The van der Waals surface area contributed by atoms with Crippen molar-refractivity contribution in [3.05, 3.63) is 5.82 Å². The first-order chi connectivity index (χ1) is 9.28. The Morgan fingerprint density at radius 3 is 2.79 bits per heavy atom. The van der Waals surface area contributed by atoms with Gasteiger partial charge in [0.05, 0.1) is 12.3 Å². The third kappa shape index (κ3) is 3.27. The molecule has 1 aromatic heterocycles. The van der Waals surface area contributed by atoms with Gasteiger partial charge in [-0.2, -0.15) is 0 Å². The molecule has 3 N–H and O–H groups in total. The van der Waals surface area contributed by atoms with Gasteiger partial charge < -0.3 is 15.6 Å². The molecule has 3 rings (SSSR count). The Morgan fingerprint density at radius 2 is 2.16 bits per heavy atom. The molecule has 104 valence electrons. The minimum Gasteiger partial charge on any atom is -0.355 e. The zero-order valence-electron chi connectivity index (χ0n) is 10.8. The lowest BCUT2D eigenvalue weighted by molar-refractivity contribution is -0.118. The molecule has 2 aliphatic rings. The lowest BCUT2D eigenvalue weighted by Gasteiger charge is -2.07. The van der Waals surface area contributed by atoms with Crippen molar-refractivity contribution < 1.29 is 4.79 Å². The highest BCUT2D eigenvalue weighted by Gasteiger charge is 2.29. The summed E-state index contributed by atoms with van der Waals surface area (Å²) in [6.45, 7) is 1.22. The zero-order chi connectivity index (χ0) is 13.2. The molecule has 0 saturated heterocycles. The first kappa shape index (κ1) is 12.9. The quantitative estimate of drug-likeness (QED) is 0.718. The van der Waals surface area contributed by atoms with Crippen LogP contribution in [-0.2, 0) is 11.3 Å². The zero-order valence-corrected chi connectivity index (χ0v) is 11.7. The number of nitrogens with two attached hydrogens (primary N) is 1. The number of carbonyl (C=O) groups excluding carboxylic acids is 1. The molecule has 2 aliphatic carbocycles. The van der Waals surface area contributed by atoms with Crippen LogP contribution in [0, 0.1) is 5.92 Å². The fourth-order valence-electron chi connectivity index (χ4n) is 2.01. The first-order valence-electron chi connectivity index (χ1n) is 6.81. The van der Waals surface area contributed by atoms with Gasteiger partial charge in [-0.1, -0.05) is 11.8 Å². The van der Waals surface area contributed by atoms with Gasteiger partial charge in [-0.3, -0.25) is 4.79 Å². The molecule has 0 unspecified atom stereocenters. The van der Waals surface area contributed by atoms with Gasteiger partial charge in [0.1, 0.15) is 5.82 Å². The van der Waals surface area contributed by atoms with Gasteiger partial charge in [0, 0.05) is 12.6 Å². The highest BCUT2D eigenvalue weighted by molar-refractivity contribution is 7.99. The number of nitrogens with one attached hydrogen (secondary N) is 1. The molecule has 7 heteroatoms. The number of nitrogens with zero attached hydrogens (tertiary/aromatic N) is 3. The van der Waals surface area contributed by atoms with E-state index in [0.29, 0.717) is 24.3 Å². The monoisotopic (exact) mass is 281 g/mol. The minimum absolute atomic E-state index is 0.0801. The van der Waals surface area contributed by atoms with E-state index < -0.39 is 0 Å². The average molecular weight is 281 g/mol. The molecule has 1 amide bonds. The van der Waals surface area contributed by atoms with Crippen molar-refractivity contribution >= 4 is 17.7 Å². The van der Waals surface area contributed by atoms with Crippen molar-refractivity contribution in [2.45, 2.75) is 43.4 Å². The SMILES string of the molecule is NCc1nnc(SCC(=O)NCC2CC2)n1C1CC1. The second-order valence-corrected chi connectivity index (χ2v) is 6.18. The fourth-order valence-corrected chi connectivity index (χ4v) is 2.86. The summed E-state index contributed by atoms with van der Waals surface area (Å²) in [5.74, 6) is 2.02. The standard InChI is InChI=1S/C12H19N5OS/c13-5-10-15-16-12(17(10)9-3-4-9)19-7-11(18)14-6-8-1-2-8/h8-9H,1-7,13H2,(H,14,18). The Morgan fingerprint density at radius 1 is 1.37 bits per heavy atom. The predicted molar refractivity (Wildman–Crippen MR) is 72.6 cm³/mol. The van der Waals surface area contributed by atoms with E-state index in [1.165, 1.54) is 24.6 Å². The van der Waals surface area contributed by atoms with E-state index in [4.69, 9.17) is 5.73 Å². The van der Waals surface area contributed by atoms with E-state index in [9.17, 15) is 4.79 Å². The molecular weight excluding hydrogens is 262 g/mol. The van der Waals surface area contributed by atoms with Crippen molar-refractivity contribution in [1.82, 2.24) is 20.1 Å². The fraction of sp³-hybridized carbons (Fsp3) is 0.750. The number of rotatable bonds is 7. The third-order valence-corrected chi connectivity index (χ3v) is 4.39. The maximum atomic E-state index is 11.7. The van der Waals surface area contributed by atoms with Gasteiger partial charge in [0.15, 0.2) is 5.16 Å². The van der Waals surface area contributed by atoms with Gasteiger partial charge in [-0.15, -0.1) is 10.2 Å². The second kappa shape index (κ2) is 5.50. The molecule has 2 fully saturated rings. The van der Waals surface area contributed by atoms with Crippen molar-refractivity contribution in [3.63, 3.8) is 0 Å². The molecule has 0 atom stereocenters. The van der Waals surface area contributed by atoms with Crippen LogP contribution in [0.5, 0.6) is 0 Å². The lowest BCUT2D eigenvalue weighted by Crippen LogP contribution is -2.27. The van der Waals surface area contributed by atoms with Crippen LogP contribution in [0.25, 0.3) is 0 Å². The Bertz CT molecular complexity index is 467. The number of hydrogen-bond donors (Lipinski definition) is 2. The molecule has 6 nitrogen and oxygen atoms in total. The van der Waals surface area contributed by atoms with E-state index in [2.05, 4.69) is 20.1 Å². The average Bonchev–Trinajstić information content (AvgIpc) is 3.32. The molecule has 0 spiro atoms. The largest absolute Gasteiger partial charge is 0.355 e. The molecule has 0 radical (unpaired) electrons. The number of thioether (sulfide) groups is 1. The van der Waals surface area contributed by atoms with Crippen LogP contribution >= 0.6 is 11.8 Å². The number of hydrogen-bond acceptors (Lipinski definition) is 5. The molecule has 0 aliphatic heterocycles.